The first kappa shape index (κ1) is 20.5. The molecular formula is C20H33IN4. The van der Waals surface area contributed by atoms with Gasteiger partial charge in [0.1, 0.15) is 0 Å². The molecule has 1 aromatic rings. The average molecular weight is 456 g/mol. The van der Waals surface area contributed by atoms with Crippen molar-refractivity contribution in [1.29, 1.82) is 0 Å². The molecule has 0 bridgehead atoms. The van der Waals surface area contributed by atoms with Crippen molar-refractivity contribution in [3.63, 3.8) is 0 Å². The molecule has 1 aliphatic heterocycles. The van der Waals surface area contributed by atoms with Gasteiger partial charge in [-0.2, -0.15) is 0 Å². The molecule has 1 aliphatic carbocycles. The third kappa shape index (κ3) is 5.58. The van der Waals surface area contributed by atoms with Crippen LogP contribution in [0.5, 0.6) is 0 Å². The van der Waals surface area contributed by atoms with Crippen LogP contribution in [0, 0.1) is 0 Å². The highest BCUT2D eigenvalue weighted by Crippen LogP contribution is 2.28. The van der Waals surface area contributed by atoms with Gasteiger partial charge < -0.3 is 10.2 Å². The summed E-state index contributed by atoms with van der Waals surface area (Å²) >= 11 is 0. The van der Waals surface area contributed by atoms with Gasteiger partial charge in [-0.1, -0.05) is 30.3 Å². The summed E-state index contributed by atoms with van der Waals surface area (Å²) in [5, 5.41) is 3.49. The molecule has 0 aromatic heterocycles. The lowest BCUT2D eigenvalue weighted by atomic mass is 9.99. The molecule has 5 heteroatoms. The first-order chi connectivity index (χ1) is 11.7. The van der Waals surface area contributed by atoms with Crippen LogP contribution in [0.2, 0.25) is 0 Å². The zero-order valence-corrected chi connectivity index (χ0v) is 18.1. The molecule has 0 spiro atoms. The molecule has 1 heterocycles. The van der Waals surface area contributed by atoms with Crippen LogP contribution in [0.15, 0.2) is 35.3 Å². The molecule has 3 rings (SSSR count). The van der Waals surface area contributed by atoms with Gasteiger partial charge in [0, 0.05) is 37.6 Å². The Kier molecular flexibility index (Phi) is 8.00. The van der Waals surface area contributed by atoms with Crippen LogP contribution in [-0.4, -0.2) is 61.1 Å². The standard InChI is InChI=1S/C20H32N4.HI/c1-4-21-20(22-14-16(2)23(3)19-10-11-19)24-13-12-18(15-24)17-8-6-5-7-9-17;/h5-9,16,18-19H,4,10-15H2,1-3H3,(H,21,22);1H. The number of aliphatic imine (C=N–C) groups is 1. The third-order valence-electron chi connectivity index (χ3n) is 5.42. The quantitative estimate of drug-likeness (QED) is 0.404. The van der Waals surface area contributed by atoms with Crippen molar-refractivity contribution < 1.29 is 0 Å². The molecular weight excluding hydrogens is 423 g/mol. The van der Waals surface area contributed by atoms with Crippen LogP contribution in [0.3, 0.4) is 0 Å². The van der Waals surface area contributed by atoms with E-state index in [2.05, 4.69) is 66.3 Å². The fourth-order valence-electron chi connectivity index (χ4n) is 3.56. The van der Waals surface area contributed by atoms with Crippen molar-refractivity contribution in [2.75, 3.05) is 33.2 Å². The largest absolute Gasteiger partial charge is 0.357 e. The highest BCUT2D eigenvalue weighted by atomic mass is 127. The van der Waals surface area contributed by atoms with Gasteiger partial charge in [0.25, 0.3) is 0 Å². The minimum absolute atomic E-state index is 0. The summed E-state index contributed by atoms with van der Waals surface area (Å²) in [7, 11) is 2.24. The fraction of sp³-hybridized carbons (Fsp3) is 0.650. The zero-order valence-electron chi connectivity index (χ0n) is 15.8. The first-order valence-corrected chi connectivity index (χ1v) is 9.49. The van der Waals surface area contributed by atoms with Crippen LogP contribution < -0.4 is 5.32 Å². The average Bonchev–Trinajstić information content (AvgIpc) is 3.35. The molecule has 0 radical (unpaired) electrons. The number of rotatable bonds is 6. The SMILES string of the molecule is CCNC(=NCC(C)N(C)C1CC1)N1CCC(c2ccccc2)C1.I. The molecule has 2 atom stereocenters. The molecule has 140 valence electrons. The van der Waals surface area contributed by atoms with E-state index in [0.29, 0.717) is 12.0 Å². The minimum atomic E-state index is 0. The van der Waals surface area contributed by atoms with Crippen molar-refractivity contribution in [1.82, 2.24) is 15.1 Å². The third-order valence-corrected chi connectivity index (χ3v) is 5.42. The summed E-state index contributed by atoms with van der Waals surface area (Å²) in [6, 6.07) is 12.2. The number of nitrogens with one attached hydrogen (secondary N) is 1. The van der Waals surface area contributed by atoms with Crippen LogP contribution in [0.25, 0.3) is 0 Å². The summed E-state index contributed by atoms with van der Waals surface area (Å²) < 4.78 is 0. The highest BCUT2D eigenvalue weighted by Gasteiger charge is 2.29. The predicted molar refractivity (Wildman–Crippen MR) is 117 cm³/mol. The summed E-state index contributed by atoms with van der Waals surface area (Å²) in [6.45, 7) is 8.42. The molecule has 2 aliphatic rings. The van der Waals surface area contributed by atoms with E-state index in [-0.39, 0.29) is 24.0 Å². The van der Waals surface area contributed by atoms with E-state index in [1.54, 1.807) is 0 Å². The molecule has 1 N–H and O–H groups in total. The smallest absolute Gasteiger partial charge is 0.193 e. The monoisotopic (exact) mass is 456 g/mol. The highest BCUT2D eigenvalue weighted by molar-refractivity contribution is 14.0. The van der Waals surface area contributed by atoms with E-state index >= 15 is 0 Å². The normalized spacial score (nSPS) is 22.0. The van der Waals surface area contributed by atoms with Gasteiger partial charge in [0.05, 0.1) is 6.54 Å². The van der Waals surface area contributed by atoms with Crippen molar-refractivity contribution in [2.24, 2.45) is 4.99 Å². The Morgan fingerprint density at radius 1 is 1.28 bits per heavy atom. The number of benzene rings is 1. The predicted octanol–water partition coefficient (Wildman–Crippen LogP) is 3.54. The number of halogens is 1. The second kappa shape index (κ2) is 9.76. The zero-order chi connectivity index (χ0) is 16.9. The lowest BCUT2D eigenvalue weighted by Crippen LogP contribution is -2.41. The summed E-state index contributed by atoms with van der Waals surface area (Å²) in [4.78, 5) is 9.87. The van der Waals surface area contributed by atoms with Crippen LogP contribution in [0.1, 0.15) is 44.6 Å². The van der Waals surface area contributed by atoms with Crippen molar-refractivity contribution >= 4 is 29.9 Å². The van der Waals surface area contributed by atoms with E-state index in [1.165, 1.54) is 24.8 Å². The lowest BCUT2D eigenvalue weighted by Gasteiger charge is -2.25. The van der Waals surface area contributed by atoms with E-state index in [4.69, 9.17) is 4.99 Å². The maximum Gasteiger partial charge on any atom is 0.193 e. The Morgan fingerprint density at radius 3 is 2.64 bits per heavy atom. The number of likely N-dealkylation sites (tertiary alicyclic amines) is 1. The summed E-state index contributed by atoms with van der Waals surface area (Å²) in [5.74, 6) is 1.72. The van der Waals surface area contributed by atoms with E-state index in [9.17, 15) is 0 Å². The maximum atomic E-state index is 4.94. The maximum absolute atomic E-state index is 4.94. The Hall–Kier alpha value is -0.820. The molecule has 1 saturated heterocycles. The van der Waals surface area contributed by atoms with Gasteiger partial charge in [-0.05, 0) is 45.7 Å². The first-order valence-electron chi connectivity index (χ1n) is 9.49. The van der Waals surface area contributed by atoms with E-state index in [0.717, 1.165) is 38.2 Å². The molecule has 1 aromatic carbocycles. The molecule has 4 nitrogen and oxygen atoms in total. The molecule has 25 heavy (non-hydrogen) atoms. The van der Waals surface area contributed by atoms with Gasteiger partial charge >= 0.3 is 0 Å². The summed E-state index contributed by atoms with van der Waals surface area (Å²) in [5.41, 5.74) is 1.46. The number of nitrogens with zero attached hydrogens (tertiary/aromatic N) is 3. The van der Waals surface area contributed by atoms with Crippen LogP contribution >= 0.6 is 24.0 Å². The Bertz CT molecular complexity index is 544. The van der Waals surface area contributed by atoms with Gasteiger partial charge in [0.15, 0.2) is 5.96 Å². The van der Waals surface area contributed by atoms with Crippen LogP contribution in [-0.2, 0) is 0 Å². The van der Waals surface area contributed by atoms with Gasteiger partial charge in [-0.15, -0.1) is 24.0 Å². The van der Waals surface area contributed by atoms with E-state index < -0.39 is 0 Å². The number of likely N-dealkylation sites (N-methyl/N-ethyl adjacent to an activating group) is 1. The number of hydrogen-bond donors (Lipinski definition) is 1. The Morgan fingerprint density at radius 2 is 2.00 bits per heavy atom. The van der Waals surface area contributed by atoms with E-state index in [1.807, 2.05) is 0 Å². The Balaban J connectivity index is 0.00000225. The molecule has 0 amide bonds. The lowest BCUT2D eigenvalue weighted by molar-refractivity contribution is 0.252. The molecule has 1 saturated carbocycles. The second-order valence-electron chi connectivity index (χ2n) is 7.28. The van der Waals surface area contributed by atoms with Gasteiger partial charge in [-0.3, -0.25) is 9.89 Å². The Labute approximate surface area is 170 Å². The number of hydrogen-bond acceptors (Lipinski definition) is 2. The van der Waals surface area contributed by atoms with Gasteiger partial charge in [-0.25, -0.2) is 0 Å². The molecule has 2 unspecified atom stereocenters. The fourth-order valence-corrected chi connectivity index (χ4v) is 3.56. The topological polar surface area (TPSA) is 30.9 Å². The molecule has 2 fully saturated rings. The van der Waals surface area contributed by atoms with Crippen molar-refractivity contribution in [3.8, 4) is 0 Å². The summed E-state index contributed by atoms with van der Waals surface area (Å²) in [6.07, 6.45) is 3.93. The van der Waals surface area contributed by atoms with Crippen molar-refractivity contribution in [3.05, 3.63) is 35.9 Å². The van der Waals surface area contributed by atoms with Gasteiger partial charge in [0.2, 0.25) is 0 Å². The second-order valence-corrected chi connectivity index (χ2v) is 7.28. The van der Waals surface area contributed by atoms with Crippen LogP contribution in [0.4, 0.5) is 0 Å². The number of guanidine groups is 1. The minimum Gasteiger partial charge on any atom is -0.357 e. The van der Waals surface area contributed by atoms with Crippen molar-refractivity contribution in [2.45, 2.75) is 51.1 Å².